The topological polar surface area (TPSA) is 6.02 Å². The van der Waals surface area contributed by atoms with Crippen molar-refractivity contribution in [3.8, 4) is 0 Å². The largest absolute Gasteiger partial charge is 0.214 e. The lowest BCUT2D eigenvalue weighted by Gasteiger charge is -2.09. The molecule has 2 nitrogen and oxygen atoms in total. The van der Waals surface area contributed by atoms with Crippen LogP contribution in [0.4, 0.5) is 0 Å². The van der Waals surface area contributed by atoms with Crippen molar-refractivity contribution in [1.82, 2.24) is 10.0 Å². The van der Waals surface area contributed by atoms with Gasteiger partial charge in [-0.3, -0.25) is 0 Å². The molecule has 1 aliphatic heterocycles. The van der Waals surface area contributed by atoms with Crippen molar-refractivity contribution in [2.45, 2.75) is 87.5 Å². The summed E-state index contributed by atoms with van der Waals surface area (Å²) in [5, 5.41) is 4.93. The Morgan fingerprint density at radius 3 is 1.52 bits per heavy atom. The maximum Gasteiger partial charge on any atom is 0.116 e. The van der Waals surface area contributed by atoms with Crippen LogP contribution in [0.2, 0.25) is 0 Å². The SMILES string of the molecule is CC.CC.Cc1ccc(C2N(C(C)C)N2C(C)C)cc1C. The first-order chi connectivity index (χ1) is 9.93. The van der Waals surface area contributed by atoms with Crippen molar-refractivity contribution < 1.29 is 0 Å². The molecule has 1 aromatic rings. The van der Waals surface area contributed by atoms with Crippen molar-refractivity contribution in [3.63, 3.8) is 0 Å². The highest BCUT2D eigenvalue weighted by atomic mass is 15.9. The zero-order chi connectivity index (χ0) is 16.7. The van der Waals surface area contributed by atoms with E-state index in [1.54, 1.807) is 0 Å². The number of aryl methyl sites for hydroxylation is 2. The van der Waals surface area contributed by atoms with Crippen LogP contribution in [0, 0.1) is 13.8 Å². The molecule has 0 spiro atoms. The lowest BCUT2D eigenvalue weighted by molar-refractivity contribution is 0.226. The van der Waals surface area contributed by atoms with E-state index in [9.17, 15) is 0 Å². The molecule has 0 aromatic heterocycles. The molecule has 0 aliphatic carbocycles. The van der Waals surface area contributed by atoms with E-state index in [1.807, 2.05) is 27.7 Å². The minimum Gasteiger partial charge on any atom is -0.214 e. The first-order valence-corrected chi connectivity index (χ1v) is 8.57. The Labute approximate surface area is 133 Å². The van der Waals surface area contributed by atoms with Gasteiger partial charge in [0.25, 0.3) is 0 Å². The molecule has 2 unspecified atom stereocenters. The molecule has 0 N–H and O–H groups in total. The third-order valence-electron chi connectivity index (χ3n) is 3.60. The zero-order valence-electron chi connectivity index (χ0n) is 15.9. The Bertz CT molecular complexity index is 396. The van der Waals surface area contributed by atoms with E-state index in [4.69, 9.17) is 0 Å². The van der Waals surface area contributed by atoms with Crippen LogP contribution >= 0.6 is 0 Å². The minimum absolute atomic E-state index is 0.481. The van der Waals surface area contributed by atoms with Gasteiger partial charge in [-0.05, 0) is 58.2 Å². The van der Waals surface area contributed by atoms with Gasteiger partial charge in [0.15, 0.2) is 0 Å². The molecule has 122 valence electrons. The summed E-state index contributed by atoms with van der Waals surface area (Å²) in [7, 11) is 0. The smallest absolute Gasteiger partial charge is 0.116 e. The fraction of sp³-hybridized carbons (Fsp3) is 0.684. The minimum atomic E-state index is 0.481. The Hall–Kier alpha value is -0.860. The van der Waals surface area contributed by atoms with Crippen LogP contribution in [0.3, 0.4) is 0 Å². The molecule has 21 heavy (non-hydrogen) atoms. The number of benzene rings is 1. The van der Waals surface area contributed by atoms with Crippen LogP contribution in [0.5, 0.6) is 0 Å². The average molecular weight is 293 g/mol. The summed E-state index contributed by atoms with van der Waals surface area (Å²) in [6.45, 7) is 21.4. The van der Waals surface area contributed by atoms with Crippen LogP contribution in [0.15, 0.2) is 18.2 Å². The maximum atomic E-state index is 2.47. The number of nitrogens with zero attached hydrogens (tertiary/aromatic N) is 2. The van der Waals surface area contributed by atoms with Gasteiger partial charge in [-0.2, -0.15) is 0 Å². The first kappa shape index (κ1) is 20.1. The molecule has 0 radical (unpaired) electrons. The van der Waals surface area contributed by atoms with Gasteiger partial charge in [-0.25, -0.2) is 10.0 Å². The molecule has 1 aromatic carbocycles. The summed E-state index contributed by atoms with van der Waals surface area (Å²) < 4.78 is 0. The van der Waals surface area contributed by atoms with Gasteiger partial charge in [0.1, 0.15) is 6.17 Å². The third-order valence-corrected chi connectivity index (χ3v) is 3.60. The summed E-state index contributed by atoms with van der Waals surface area (Å²) in [6, 6.07) is 7.98. The lowest BCUT2D eigenvalue weighted by Crippen LogP contribution is -2.20. The highest BCUT2D eigenvalue weighted by Gasteiger charge is 2.49. The predicted molar refractivity (Wildman–Crippen MR) is 95.3 cm³/mol. The Kier molecular flexibility index (Phi) is 8.84. The predicted octanol–water partition coefficient (Wildman–Crippen LogP) is 5.70. The normalized spacial score (nSPS) is 23.1. The van der Waals surface area contributed by atoms with Crippen molar-refractivity contribution >= 4 is 0 Å². The Morgan fingerprint density at radius 1 is 0.762 bits per heavy atom. The fourth-order valence-corrected chi connectivity index (χ4v) is 2.53. The summed E-state index contributed by atoms with van der Waals surface area (Å²) >= 11 is 0. The summed E-state index contributed by atoms with van der Waals surface area (Å²) in [5.74, 6) is 0. The van der Waals surface area contributed by atoms with Gasteiger partial charge < -0.3 is 0 Å². The van der Waals surface area contributed by atoms with E-state index in [0.29, 0.717) is 18.2 Å². The third kappa shape index (κ3) is 4.82. The molecule has 1 saturated heterocycles. The van der Waals surface area contributed by atoms with E-state index in [-0.39, 0.29) is 0 Å². The lowest BCUT2D eigenvalue weighted by atomic mass is 10.1. The van der Waals surface area contributed by atoms with Crippen LogP contribution < -0.4 is 0 Å². The molecule has 1 aliphatic rings. The van der Waals surface area contributed by atoms with Gasteiger partial charge >= 0.3 is 0 Å². The zero-order valence-corrected chi connectivity index (χ0v) is 15.9. The Morgan fingerprint density at radius 2 is 1.19 bits per heavy atom. The Balaban J connectivity index is 0.000000921. The highest BCUT2D eigenvalue weighted by Crippen LogP contribution is 2.45. The van der Waals surface area contributed by atoms with Crippen molar-refractivity contribution in [3.05, 3.63) is 34.9 Å². The van der Waals surface area contributed by atoms with E-state index >= 15 is 0 Å². The highest BCUT2D eigenvalue weighted by molar-refractivity contribution is 5.33. The standard InChI is InChI=1S/C15H24N2.2C2H6/c1-10(2)16-15(17(16)11(3)4)14-8-7-12(5)13(6)9-14;2*1-2/h7-11,15H,1-6H3;2*1-2H3. The van der Waals surface area contributed by atoms with Gasteiger partial charge in [-0.15, -0.1) is 0 Å². The van der Waals surface area contributed by atoms with Crippen molar-refractivity contribution in [2.24, 2.45) is 0 Å². The van der Waals surface area contributed by atoms with E-state index < -0.39 is 0 Å². The van der Waals surface area contributed by atoms with E-state index in [0.717, 1.165) is 0 Å². The molecule has 1 fully saturated rings. The molecule has 2 heteroatoms. The van der Waals surface area contributed by atoms with Crippen molar-refractivity contribution in [1.29, 1.82) is 0 Å². The van der Waals surface area contributed by atoms with E-state index in [1.165, 1.54) is 16.7 Å². The molecule has 0 saturated carbocycles. The molecule has 2 atom stereocenters. The molecule has 0 bridgehead atoms. The number of hydrogen-bond acceptors (Lipinski definition) is 2. The second-order valence-corrected chi connectivity index (χ2v) is 5.66. The van der Waals surface area contributed by atoms with Crippen LogP contribution in [-0.4, -0.2) is 22.1 Å². The van der Waals surface area contributed by atoms with Crippen LogP contribution in [0.25, 0.3) is 0 Å². The summed E-state index contributed by atoms with van der Waals surface area (Å²) in [6.07, 6.45) is 0.481. The van der Waals surface area contributed by atoms with Crippen molar-refractivity contribution in [2.75, 3.05) is 0 Å². The first-order valence-electron chi connectivity index (χ1n) is 8.57. The summed E-state index contributed by atoms with van der Waals surface area (Å²) in [5.41, 5.74) is 4.19. The summed E-state index contributed by atoms with van der Waals surface area (Å²) in [4.78, 5) is 0. The van der Waals surface area contributed by atoms with Crippen LogP contribution in [0.1, 0.15) is 78.2 Å². The maximum absolute atomic E-state index is 2.47. The number of hydrazine groups is 1. The fourth-order valence-electron chi connectivity index (χ4n) is 2.53. The number of hydrogen-bond donors (Lipinski definition) is 0. The van der Waals surface area contributed by atoms with Gasteiger partial charge in [0.2, 0.25) is 0 Å². The van der Waals surface area contributed by atoms with Gasteiger partial charge in [0, 0.05) is 12.1 Å². The molecular weight excluding hydrogens is 256 g/mol. The molecule has 1 heterocycles. The quantitative estimate of drug-likeness (QED) is 0.659. The van der Waals surface area contributed by atoms with Gasteiger partial charge in [-0.1, -0.05) is 45.9 Å². The monoisotopic (exact) mass is 292 g/mol. The van der Waals surface area contributed by atoms with Gasteiger partial charge in [0.05, 0.1) is 0 Å². The second-order valence-electron chi connectivity index (χ2n) is 5.66. The average Bonchev–Trinajstić information content (AvgIpc) is 3.22. The molecular formula is C19H36N2. The van der Waals surface area contributed by atoms with E-state index in [2.05, 4.69) is 69.8 Å². The molecule has 0 amide bonds. The van der Waals surface area contributed by atoms with Crippen LogP contribution in [-0.2, 0) is 0 Å². The second kappa shape index (κ2) is 9.22. The number of rotatable bonds is 3. The molecule has 2 rings (SSSR count).